The Balaban J connectivity index is 3.43. The highest BCUT2D eigenvalue weighted by atomic mass is 16.3. The molecule has 0 aliphatic heterocycles. The monoisotopic (exact) mass is 220 g/mol. The zero-order valence-corrected chi connectivity index (χ0v) is 10.9. The Hall–Kier alpha value is -1.31. The van der Waals surface area contributed by atoms with Crippen molar-refractivity contribution in [2.24, 2.45) is 5.41 Å². The van der Waals surface area contributed by atoms with Gasteiger partial charge in [-0.15, -0.1) is 0 Å². The van der Waals surface area contributed by atoms with E-state index in [2.05, 4.69) is 0 Å². The molecule has 16 heavy (non-hydrogen) atoms. The maximum atomic E-state index is 12.2. The molecular weight excluding hydrogens is 200 g/mol. The smallest absolute Gasteiger partial charge is 0.168 e. The van der Waals surface area contributed by atoms with Crippen molar-refractivity contribution >= 4 is 5.78 Å². The SMILES string of the molecule is Cc1cc(C(=O)C(C)(C)C)c(C)c(C)c1O. The maximum Gasteiger partial charge on any atom is 0.168 e. The molecule has 0 unspecified atom stereocenters. The molecule has 0 bridgehead atoms. The summed E-state index contributed by atoms with van der Waals surface area (Å²) in [6.07, 6.45) is 0. The molecule has 1 aromatic carbocycles. The molecule has 0 saturated heterocycles. The number of Topliss-reactive ketones (excluding diaryl/α,β-unsaturated/α-hetero) is 1. The van der Waals surface area contributed by atoms with Crippen molar-refractivity contribution in [3.63, 3.8) is 0 Å². The fourth-order valence-corrected chi connectivity index (χ4v) is 1.71. The lowest BCUT2D eigenvalue weighted by Gasteiger charge is -2.20. The second-order valence-electron chi connectivity index (χ2n) is 5.42. The molecule has 2 nitrogen and oxygen atoms in total. The topological polar surface area (TPSA) is 37.3 Å². The number of phenols is 1. The van der Waals surface area contributed by atoms with Crippen LogP contribution in [0.3, 0.4) is 0 Å². The molecule has 2 heteroatoms. The Morgan fingerprint density at radius 1 is 1.12 bits per heavy atom. The van der Waals surface area contributed by atoms with E-state index in [1.807, 2.05) is 41.5 Å². The summed E-state index contributed by atoms with van der Waals surface area (Å²) < 4.78 is 0. The summed E-state index contributed by atoms with van der Waals surface area (Å²) in [4.78, 5) is 12.2. The summed E-state index contributed by atoms with van der Waals surface area (Å²) in [5.74, 6) is 0.416. The van der Waals surface area contributed by atoms with Crippen LogP contribution in [0.1, 0.15) is 47.8 Å². The second-order valence-corrected chi connectivity index (χ2v) is 5.42. The Bertz CT molecular complexity index is 437. The minimum Gasteiger partial charge on any atom is -0.507 e. The van der Waals surface area contributed by atoms with Gasteiger partial charge in [-0.25, -0.2) is 0 Å². The third-order valence-corrected chi connectivity index (χ3v) is 2.98. The summed E-state index contributed by atoms with van der Waals surface area (Å²) in [7, 11) is 0. The average Bonchev–Trinajstić information content (AvgIpc) is 2.18. The van der Waals surface area contributed by atoms with Crippen LogP contribution < -0.4 is 0 Å². The highest BCUT2D eigenvalue weighted by Gasteiger charge is 2.25. The lowest BCUT2D eigenvalue weighted by atomic mass is 9.83. The predicted octanol–water partition coefficient (Wildman–Crippen LogP) is 3.55. The van der Waals surface area contributed by atoms with E-state index in [9.17, 15) is 9.90 Å². The van der Waals surface area contributed by atoms with Gasteiger partial charge in [-0.05, 0) is 43.5 Å². The summed E-state index contributed by atoms with van der Waals surface area (Å²) in [5.41, 5.74) is 2.77. The predicted molar refractivity (Wildman–Crippen MR) is 66.1 cm³/mol. The van der Waals surface area contributed by atoms with Gasteiger partial charge in [-0.2, -0.15) is 0 Å². The number of aryl methyl sites for hydroxylation is 1. The van der Waals surface area contributed by atoms with E-state index >= 15 is 0 Å². The largest absolute Gasteiger partial charge is 0.507 e. The number of aromatic hydroxyl groups is 1. The average molecular weight is 220 g/mol. The highest BCUT2D eigenvalue weighted by Crippen LogP contribution is 2.31. The van der Waals surface area contributed by atoms with Crippen LogP contribution in [0, 0.1) is 26.2 Å². The Labute approximate surface area is 97.3 Å². The van der Waals surface area contributed by atoms with E-state index in [1.54, 1.807) is 6.07 Å². The van der Waals surface area contributed by atoms with Gasteiger partial charge < -0.3 is 5.11 Å². The minimum absolute atomic E-state index is 0.121. The quantitative estimate of drug-likeness (QED) is 0.735. The number of carbonyl (C=O) groups is 1. The van der Waals surface area contributed by atoms with E-state index in [-0.39, 0.29) is 11.2 Å². The van der Waals surface area contributed by atoms with Crippen molar-refractivity contribution < 1.29 is 9.90 Å². The van der Waals surface area contributed by atoms with E-state index in [0.29, 0.717) is 5.75 Å². The number of benzene rings is 1. The number of hydrogen-bond acceptors (Lipinski definition) is 2. The number of rotatable bonds is 1. The van der Waals surface area contributed by atoms with Crippen molar-refractivity contribution in [1.29, 1.82) is 0 Å². The molecule has 0 spiro atoms. The number of hydrogen-bond donors (Lipinski definition) is 1. The third-order valence-electron chi connectivity index (χ3n) is 2.98. The number of carbonyl (C=O) groups excluding carboxylic acids is 1. The van der Waals surface area contributed by atoms with Crippen molar-refractivity contribution in [2.45, 2.75) is 41.5 Å². The van der Waals surface area contributed by atoms with Crippen molar-refractivity contribution in [2.75, 3.05) is 0 Å². The van der Waals surface area contributed by atoms with Crippen LogP contribution in [0.25, 0.3) is 0 Å². The van der Waals surface area contributed by atoms with Gasteiger partial charge in [0, 0.05) is 11.0 Å². The number of phenolic OH excluding ortho intramolecular Hbond substituents is 1. The van der Waals surface area contributed by atoms with Crippen LogP contribution in [0.5, 0.6) is 5.75 Å². The molecule has 1 N–H and O–H groups in total. The van der Waals surface area contributed by atoms with Gasteiger partial charge >= 0.3 is 0 Å². The first-order valence-electron chi connectivity index (χ1n) is 5.51. The van der Waals surface area contributed by atoms with Gasteiger partial charge in [0.1, 0.15) is 5.75 Å². The fraction of sp³-hybridized carbons (Fsp3) is 0.500. The zero-order chi connectivity index (χ0) is 12.7. The molecule has 0 aliphatic carbocycles. The minimum atomic E-state index is -0.388. The van der Waals surface area contributed by atoms with Gasteiger partial charge in [-0.3, -0.25) is 4.79 Å². The number of ketones is 1. The molecule has 0 aliphatic rings. The van der Waals surface area contributed by atoms with Crippen molar-refractivity contribution in [3.05, 3.63) is 28.3 Å². The molecule has 0 radical (unpaired) electrons. The summed E-state index contributed by atoms with van der Waals surface area (Å²) in [6, 6.07) is 1.78. The van der Waals surface area contributed by atoms with Gasteiger partial charge in [0.25, 0.3) is 0 Å². The van der Waals surface area contributed by atoms with E-state index in [1.165, 1.54) is 0 Å². The van der Waals surface area contributed by atoms with E-state index in [4.69, 9.17) is 0 Å². The van der Waals surface area contributed by atoms with Crippen LogP contribution in [-0.4, -0.2) is 10.9 Å². The first-order chi connectivity index (χ1) is 7.16. The van der Waals surface area contributed by atoms with Gasteiger partial charge in [0.2, 0.25) is 0 Å². The molecule has 88 valence electrons. The zero-order valence-electron chi connectivity index (χ0n) is 10.9. The van der Waals surface area contributed by atoms with Crippen LogP contribution in [0.4, 0.5) is 0 Å². The van der Waals surface area contributed by atoms with Crippen LogP contribution in [0.15, 0.2) is 6.07 Å². The Kier molecular flexibility index (Phi) is 3.13. The van der Waals surface area contributed by atoms with Crippen LogP contribution >= 0.6 is 0 Å². The Morgan fingerprint density at radius 2 is 1.62 bits per heavy atom. The highest BCUT2D eigenvalue weighted by molar-refractivity contribution is 6.01. The fourth-order valence-electron chi connectivity index (χ4n) is 1.71. The lowest BCUT2D eigenvalue weighted by Crippen LogP contribution is -2.21. The molecule has 0 amide bonds. The maximum absolute atomic E-state index is 12.2. The molecule has 0 saturated carbocycles. The second kappa shape index (κ2) is 3.93. The van der Waals surface area contributed by atoms with Crippen molar-refractivity contribution in [1.82, 2.24) is 0 Å². The molecule has 1 rings (SSSR count). The first-order valence-corrected chi connectivity index (χ1v) is 5.51. The van der Waals surface area contributed by atoms with Gasteiger partial charge in [0.15, 0.2) is 5.78 Å². The molecule has 0 fully saturated rings. The molecule has 0 aromatic heterocycles. The van der Waals surface area contributed by atoms with Crippen LogP contribution in [0.2, 0.25) is 0 Å². The molecular formula is C14H20O2. The normalized spacial score (nSPS) is 11.6. The molecule has 1 aromatic rings. The van der Waals surface area contributed by atoms with Gasteiger partial charge in [0.05, 0.1) is 0 Å². The Morgan fingerprint density at radius 3 is 2.06 bits per heavy atom. The summed E-state index contributed by atoms with van der Waals surface area (Å²) in [6.45, 7) is 11.3. The van der Waals surface area contributed by atoms with E-state index < -0.39 is 0 Å². The summed E-state index contributed by atoms with van der Waals surface area (Å²) >= 11 is 0. The van der Waals surface area contributed by atoms with E-state index in [0.717, 1.165) is 22.3 Å². The molecule has 0 heterocycles. The first kappa shape index (κ1) is 12.8. The van der Waals surface area contributed by atoms with Crippen LogP contribution in [-0.2, 0) is 0 Å². The standard InChI is InChI=1S/C14H20O2/c1-8-7-11(13(16)14(4,5)6)9(2)10(3)12(8)15/h7,15H,1-6H3. The third kappa shape index (κ3) is 2.11. The lowest BCUT2D eigenvalue weighted by molar-refractivity contribution is 0.0857. The summed E-state index contributed by atoms with van der Waals surface area (Å²) in [5, 5.41) is 9.78. The van der Waals surface area contributed by atoms with Gasteiger partial charge in [-0.1, -0.05) is 20.8 Å². The molecule has 0 atom stereocenters. The van der Waals surface area contributed by atoms with Crippen molar-refractivity contribution in [3.8, 4) is 5.75 Å².